The highest BCUT2D eigenvalue weighted by molar-refractivity contribution is 6.62. The maximum atomic E-state index is 6.01. The number of nitrogens with zero attached hydrogens (tertiary/aromatic N) is 4. The van der Waals surface area contributed by atoms with Crippen LogP contribution in [0.5, 0.6) is 0 Å². The highest BCUT2D eigenvalue weighted by Gasteiger charge is 2.51. The van der Waals surface area contributed by atoms with Crippen LogP contribution in [0.2, 0.25) is 0 Å². The van der Waals surface area contributed by atoms with Crippen molar-refractivity contribution in [1.82, 2.24) is 20.0 Å². The minimum absolute atomic E-state index is 0.346. The molecule has 1 fully saturated rings. The van der Waals surface area contributed by atoms with Gasteiger partial charge in [-0.1, -0.05) is 11.3 Å². The number of pyridine rings is 1. The molecule has 6 nitrogen and oxygen atoms in total. The predicted molar refractivity (Wildman–Crippen MR) is 80.0 cm³/mol. The largest absolute Gasteiger partial charge is 0.496 e. The molecule has 3 heterocycles. The predicted octanol–water partition coefficient (Wildman–Crippen LogP) is 1.18. The highest BCUT2D eigenvalue weighted by atomic mass is 16.7. The van der Waals surface area contributed by atoms with Gasteiger partial charge in [0.05, 0.1) is 23.1 Å². The molecule has 0 atom stereocenters. The van der Waals surface area contributed by atoms with Crippen LogP contribution in [-0.2, 0) is 16.4 Å². The zero-order valence-corrected chi connectivity index (χ0v) is 13.0. The molecule has 0 bridgehead atoms. The molecule has 0 N–H and O–H groups in total. The van der Waals surface area contributed by atoms with Gasteiger partial charge in [-0.25, -0.2) is 0 Å². The van der Waals surface area contributed by atoms with Gasteiger partial charge in [-0.3, -0.25) is 9.67 Å². The van der Waals surface area contributed by atoms with Gasteiger partial charge in [0.15, 0.2) is 0 Å². The molecule has 21 heavy (non-hydrogen) atoms. The maximum absolute atomic E-state index is 6.01. The van der Waals surface area contributed by atoms with Gasteiger partial charge < -0.3 is 9.31 Å². The summed E-state index contributed by atoms with van der Waals surface area (Å²) >= 11 is 0. The average molecular weight is 286 g/mol. The minimum atomic E-state index is -0.390. The summed E-state index contributed by atoms with van der Waals surface area (Å²) in [5.41, 5.74) is 1.74. The highest BCUT2D eigenvalue weighted by Crippen LogP contribution is 2.36. The van der Waals surface area contributed by atoms with Crippen LogP contribution < -0.4 is 5.46 Å². The average Bonchev–Trinajstić information content (AvgIpc) is 2.92. The van der Waals surface area contributed by atoms with Crippen LogP contribution in [0.4, 0.5) is 0 Å². The lowest BCUT2D eigenvalue weighted by Crippen LogP contribution is -2.41. The monoisotopic (exact) mass is 286 g/mol. The molecule has 0 unspecified atom stereocenters. The van der Waals surface area contributed by atoms with Crippen LogP contribution in [0, 0.1) is 0 Å². The van der Waals surface area contributed by atoms with Crippen LogP contribution in [0.3, 0.4) is 0 Å². The second-order valence-electron chi connectivity index (χ2n) is 6.34. The maximum Gasteiger partial charge on any atom is 0.496 e. The Kier molecular flexibility index (Phi) is 3.14. The van der Waals surface area contributed by atoms with E-state index in [2.05, 4.69) is 15.3 Å². The van der Waals surface area contributed by atoms with Gasteiger partial charge in [0.25, 0.3) is 0 Å². The Hall–Kier alpha value is -1.73. The summed E-state index contributed by atoms with van der Waals surface area (Å²) in [5, 5.41) is 7.96. The number of hydrogen-bond acceptors (Lipinski definition) is 5. The van der Waals surface area contributed by atoms with Crippen LogP contribution in [0.25, 0.3) is 11.4 Å². The van der Waals surface area contributed by atoms with Gasteiger partial charge in [0, 0.05) is 18.7 Å². The summed E-state index contributed by atoms with van der Waals surface area (Å²) in [4.78, 5) is 4.43. The summed E-state index contributed by atoms with van der Waals surface area (Å²) in [7, 11) is 1.44. The Morgan fingerprint density at radius 2 is 1.71 bits per heavy atom. The number of hydrogen-bond donors (Lipinski definition) is 0. The van der Waals surface area contributed by atoms with E-state index in [0.717, 1.165) is 16.9 Å². The lowest BCUT2D eigenvalue weighted by molar-refractivity contribution is 0.00578. The fourth-order valence-electron chi connectivity index (χ4n) is 2.14. The standard InChI is InChI=1S/C14H19BN4O2/c1-13(2)14(3,4)21-15(20-13)10-6-7-11(16-8-10)12-9-19(5)18-17-12/h6-9H,1-5H3. The van der Waals surface area contributed by atoms with Gasteiger partial charge in [-0.15, -0.1) is 5.10 Å². The van der Waals surface area contributed by atoms with E-state index in [4.69, 9.17) is 9.31 Å². The van der Waals surface area contributed by atoms with Gasteiger partial charge in [0.2, 0.25) is 0 Å². The quantitative estimate of drug-likeness (QED) is 0.776. The summed E-state index contributed by atoms with van der Waals surface area (Å²) in [5.74, 6) is 0. The smallest absolute Gasteiger partial charge is 0.399 e. The third-order valence-electron chi connectivity index (χ3n) is 4.18. The minimum Gasteiger partial charge on any atom is -0.399 e. The van der Waals surface area contributed by atoms with Gasteiger partial charge in [-0.2, -0.15) is 0 Å². The molecule has 2 aromatic heterocycles. The van der Waals surface area contributed by atoms with Crippen molar-refractivity contribution in [3.8, 4) is 11.4 Å². The van der Waals surface area contributed by atoms with Crippen molar-refractivity contribution >= 4 is 12.6 Å². The molecule has 0 radical (unpaired) electrons. The molecule has 0 spiro atoms. The first-order valence-electron chi connectivity index (χ1n) is 6.97. The first-order chi connectivity index (χ1) is 9.78. The third-order valence-corrected chi connectivity index (χ3v) is 4.18. The van der Waals surface area contributed by atoms with Crippen molar-refractivity contribution in [3.63, 3.8) is 0 Å². The fourth-order valence-corrected chi connectivity index (χ4v) is 2.14. The Balaban J connectivity index is 1.83. The lowest BCUT2D eigenvalue weighted by Gasteiger charge is -2.32. The Labute approximate surface area is 124 Å². The van der Waals surface area contributed by atoms with E-state index < -0.39 is 7.12 Å². The SMILES string of the molecule is Cn1cc(-c2ccc(B3OC(C)(C)C(C)(C)O3)cn2)nn1. The van der Waals surface area contributed by atoms with Crippen molar-refractivity contribution < 1.29 is 9.31 Å². The zero-order chi connectivity index (χ0) is 15.3. The molecule has 1 saturated heterocycles. The molecular formula is C14H19BN4O2. The Morgan fingerprint density at radius 3 is 2.19 bits per heavy atom. The van der Waals surface area contributed by atoms with E-state index >= 15 is 0 Å². The van der Waals surface area contributed by atoms with Crippen LogP contribution in [-0.4, -0.2) is 38.3 Å². The van der Waals surface area contributed by atoms with Gasteiger partial charge in [0.1, 0.15) is 5.69 Å². The molecule has 0 aliphatic carbocycles. The summed E-state index contributed by atoms with van der Waals surface area (Å²) in [6.07, 6.45) is 3.60. The summed E-state index contributed by atoms with van der Waals surface area (Å²) in [6.45, 7) is 8.14. The molecule has 7 heteroatoms. The Morgan fingerprint density at radius 1 is 1.05 bits per heavy atom. The van der Waals surface area contributed by atoms with Crippen molar-refractivity contribution in [3.05, 3.63) is 24.5 Å². The second kappa shape index (κ2) is 4.64. The zero-order valence-electron chi connectivity index (χ0n) is 13.0. The van der Waals surface area contributed by atoms with E-state index in [-0.39, 0.29) is 11.2 Å². The van der Waals surface area contributed by atoms with E-state index in [1.54, 1.807) is 10.9 Å². The summed E-state index contributed by atoms with van der Waals surface area (Å²) < 4.78 is 13.7. The topological polar surface area (TPSA) is 62.1 Å². The third kappa shape index (κ3) is 2.47. The molecular weight excluding hydrogens is 267 g/mol. The fraction of sp³-hybridized carbons (Fsp3) is 0.500. The molecule has 0 saturated carbocycles. The summed E-state index contributed by atoms with van der Waals surface area (Å²) in [6, 6.07) is 3.86. The van der Waals surface area contributed by atoms with E-state index in [1.165, 1.54) is 0 Å². The van der Waals surface area contributed by atoms with Crippen LogP contribution >= 0.6 is 0 Å². The van der Waals surface area contributed by atoms with Gasteiger partial charge >= 0.3 is 7.12 Å². The molecule has 0 aromatic carbocycles. The lowest BCUT2D eigenvalue weighted by atomic mass is 9.80. The normalized spacial score (nSPS) is 20.0. The molecule has 1 aliphatic rings. The number of rotatable bonds is 2. The molecule has 1 aliphatic heterocycles. The first-order valence-corrected chi connectivity index (χ1v) is 6.97. The van der Waals surface area contributed by atoms with Gasteiger partial charge in [-0.05, 0) is 33.8 Å². The van der Waals surface area contributed by atoms with Crippen molar-refractivity contribution in [2.75, 3.05) is 0 Å². The first kappa shape index (κ1) is 14.2. The van der Waals surface area contributed by atoms with E-state index in [0.29, 0.717) is 0 Å². The number of aryl methyl sites for hydroxylation is 1. The van der Waals surface area contributed by atoms with Crippen LogP contribution in [0.15, 0.2) is 24.5 Å². The van der Waals surface area contributed by atoms with Crippen molar-refractivity contribution in [2.24, 2.45) is 7.05 Å². The van der Waals surface area contributed by atoms with Crippen molar-refractivity contribution in [2.45, 2.75) is 38.9 Å². The van der Waals surface area contributed by atoms with E-state index in [9.17, 15) is 0 Å². The molecule has 2 aromatic rings. The second-order valence-corrected chi connectivity index (χ2v) is 6.34. The van der Waals surface area contributed by atoms with Crippen molar-refractivity contribution in [1.29, 1.82) is 0 Å². The van der Waals surface area contributed by atoms with E-state index in [1.807, 2.05) is 53.1 Å². The number of aromatic nitrogens is 4. The molecule has 110 valence electrons. The Bertz CT molecular complexity index is 635. The van der Waals surface area contributed by atoms with Crippen LogP contribution in [0.1, 0.15) is 27.7 Å². The molecule has 0 amide bonds. The molecule has 3 rings (SSSR count).